The highest BCUT2D eigenvalue weighted by molar-refractivity contribution is 5.69. The van der Waals surface area contributed by atoms with Crippen LogP contribution in [0.2, 0.25) is 0 Å². The van der Waals surface area contributed by atoms with E-state index in [0.29, 0.717) is 6.42 Å². The number of hydrogen-bond acceptors (Lipinski definition) is 14. The van der Waals surface area contributed by atoms with E-state index in [2.05, 4.69) is 16.1 Å². The maximum absolute atomic E-state index is 12.2. The fourth-order valence-corrected chi connectivity index (χ4v) is 4.98. The molecule has 0 unspecified atom stereocenters. The van der Waals surface area contributed by atoms with Crippen molar-refractivity contribution in [1.29, 1.82) is 0 Å². The molecule has 2 saturated heterocycles. The molecule has 3 rings (SSSR count). The number of rotatable bonds is 17. The molecular weight excluding hydrogens is 544 g/mol. The van der Waals surface area contributed by atoms with E-state index in [1.165, 1.54) is 0 Å². The van der Waals surface area contributed by atoms with Crippen molar-refractivity contribution in [3.63, 3.8) is 0 Å². The molecule has 14 heteroatoms. The quantitative estimate of drug-likeness (QED) is 0.0633. The monoisotopic (exact) mass is 588 g/mol. The van der Waals surface area contributed by atoms with Crippen LogP contribution in [0.15, 0.2) is 10.2 Å². The minimum atomic E-state index is -1.78. The summed E-state index contributed by atoms with van der Waals surface area (Å²) < 4.78 is 21.3. The first-order valence-corrected chi connectivity index (χ1v) is 14.3. The summed E-state index contributed by atoms with van der Waals surface area (Å²) in [5, 5.41) is 78.5. The van der Waals surface area contributed by atoms with E-state index >= 15 is 0 Å². The molecule has 41 heavy (non-hydrogen) atoms. The SMILES string of the molecule is C#CCCCC1(CCCCCCCCC(=O)OC[C@H]2O[C@H](O[C@H]3O[C@H](CO)[C@@H](O)[C@H](O)[C@H]3O)[C@H](O)[C@@H](O)[C@@H]2O)N=N1. The number of aliphatic hydroxyl groups is 7. The molecule has 7 N–H and O–H groups in total. The van der Waals surface area contributed by atoms with E-state index in [1.807, 2.05) is 0 Å². The van der Waals surface area contributed by atoms with Crippen LogP contribution in [0.25, 0.3) is 0 Å². The molecule has 0 aromatic heterocycles. The lowest BCUT2D eigenvalue weighted by atomic mass is 9.98. The zero-order valence-electron chi connectivity index (χ0n) is 23.1. The zero-order chi connectivity index (χ0) is 30.0. The summed E-state index contributed by atoms with van der Waals surface area (Å²) in [5.74, 6) is 2.12. The number of carbonyl (C=O) groups is 1. The van der Waals surface area contributed by atoms with Crippen molar-refractivity contribution in [2.24, 2.45) is 10.2 Å². The Morgan fingerprint density at radius 1 is 0.756 bits per heavy atom. The Morgan fingerprint density at radius 2 is 1.29 bits per heavy atom. The average Bonchev–Trinajstić information content (AvgIpc) is 3.73. The number of esters is 1. The van der Waals surface area contributed by atoms with E-state index in [9.17, 15) is 40.5 Å². The molecule has 3 aliphatic rings. The number of carbonyl (C=O) groups excluding carboxylic acids is 1. The number of nitrogens with zero attached hydrogens (tertiary/aromatic N) is 2. The molecule has 10 atom stereocenters. The van der Waals surface area contributed by atoms with Gasteiger partial charge in [-0.25, -0.2) is 0 Å². The molecule has 0 radical (unpaired) electrons. The highest BCUT2D eigenvalue weighted by Crippen LogP contribution is 2.38. The van der Waals surface area contributed by atoms with Crippen molar-refractivity contribution in [2.45, 2.75) is 138 Å². The molecule has 3 aliphatic heterocycles. The second-order valence-corrected chi connectivity index (χ2v) is 10.9. The average molecular weight is 589 g/mol. The minimum absolute atomic E-state index is 0.162. The molecule has 2 fully saturated rings. The van der Waals surface area contributed by atoms with Gasteiger partial charge in [0, 0.05) is 12.8 Å². The van der Waals surface area contributed by atoms with Gasteiger partial charge in [0.25, 0.3) is 0 Å². The largest absolute Gasteiger partial charge is 0.463 e. The lowest BCUT2D eigenvalue weighted by Gasteiger charge is -2.44. The molecular formula is C27H44N2O12. The molecule has 234 valence electrons. The predicted molar refractivity (Wildman–Crippen MR) is 140 cm³/mol. The Morgan fingerprint density at radius 3 is 1.88 bits per heavy atom. The van der Waals surface area contributed by atoms with E-state index in [1.54, 1.807) is 0 Å². The van der Waals surface area contributed by atoms with Gasteiger partial charge in [0.05, 0.1) is 6.61 Å². The molecule has 14 nitrogen and oxygen atoms in total. The van der Waals surface area contributed by atoms with Crippen LogP contribution < -0.4 is 0 Å². The summed E-state index contributed by atoms with van der Waals surface area (Å²) in [6.45, 7) is -1.13. The number of ether oxygens (including phenoxy) is 4. The first-order chi connectivity index (χ1) is 19.6. The fraction of sp³-hybridized carbons (Fsp3) is 0.889. The Bertz CT molecular complexity index is 877. The van der Waals surface area contributed by atoms with Gasteiger partial charge in [-0.3, -0.25) is 4.79 Å². The third-order valence-electron chi connectivity index (χ3n) is 7.68. The smallest absolute Gasteiger partial charge is 0.305 e. The van der Waals surface area contributed by atoms with Gasteiger partial charge in [-0.1, -0.05) is 25.7 Å². The first kappa shape index (κ1) is 33.7. The molecule has 0 amide bonds. The molecule has 3 heterocycles. The highest BCUT2D eigenvalue weighted by Gasteiger charge is 2.50. The summed E-state index contributed by atoms with van der Waals surface area (Å²) in [5.41, 5.74) is -0.198. The van der Waals surface area contributed by atoms with Crippen molar-refractivity contribution in [1.82, 2.24) is 0 Å². The normalized spacial score (nSPS) is 36.0. The maximum Gasteiger partial charge on any atom is 0.305 e. The van der Waals surface area contributed by atoms with Gasteiger partial charge in [0.15, 0.2) is 18.2 Å². The van der Waals surface area contributed by atoms with Crippen LogP contribution in [-0.4, -0.2) is 122 Å². The van der Waals surface area contributed by atoms with E-state index < -0.39 is 80.6 Å². The van der Waals surface area contributed by atoms with Crippen molar-refractivity contribution >= 4 is 5.97 Å². The van der Waals surface area contributed by atoms with Crippen LogP contribution >= 0.6 is 0 Å². The van der Waals surface area contributed by atoms with Gasteiger partial charge in [0.2, 0.25) is 0 Å². The molecule has 0 aromatic carbocycles. The van der Waals surface area contributed by atoms with Gasteiger partial charge in [-0.15, -0.1) is 12.3 Å². The Kier molecular flexibility index (Phi) is 13.3. The molecule has 0 saturated carbocycles. The van der Waals surface area contributed by atoms with Crippen LogP contribution in [0.5, 0.6) is 0 Å². The molecule has 0 bridgehead atoms. The fourth-order valence-electron chi connectivity index (χ4n) is 4.98. The van der Waals surface area contributed by atoms with Gasteiger partial charge in [-0.05, 0) is 32.1 Å². The van der Waals surface area contributed by atoms with Crippen LogP contribution in [0.3, 0.4) is 0 Å². The maximum atomic E-state index is 12.2. The van der Waals surface area contributed by atoms with Crippen LogP contribution in [0.1, 0.15) is 70.6 Å². The predicted octanol–water partition coefficient (Wildman–Crippen LogP) is -0.760. The molecule has 0 aliphatic carbocycles. The third-order valence-corrected chi connectivity index (χ3v) is 7.68. The van der Waals surface area contributed by atoms with Crippen molar-refractivity contribution < 1.29 is 59.5 Å². The Labute approximate surface area is 239 Å². The van der Waals surface area contributed by atoms with Gasteiger partial charge in [0.1, 0.15) is 55.4 Å². The van der Waals surface area contributed by atoms with E-state index in [-0.39, 0.29) is 12.1 Å². The third kappa shape index (κ3) is 9.62. The zero-order valence-corrected chi connectivity index (χ0v) is 23.1. The summed E-state index contributed by atoms with van der Waals surface area (Å²) in [6, 6.07) is 0. The number of unbranched alkanes of at least 4 members (excludes halogenated alkanes) is 6. The second-order valence-electron chi connectivity index (χ2n) is 10.9. The van der Waals surface area contributed by atoms with Crippen LogP contribution in [0.4, 0.5) is 0 Å². The lowest BCUT2D eigenvalue weighted by Crippen LogP contribution is -2.63. The minimum Gasteiger partial charge on any atom is -0.463 e. The standard InChI is InChI=1S/C27H44N2O12/c1-2-3-9-12-27(28-29-27)13-10-7-5-4-6-8-11-18(31)38-15-17-20(33)22(35)24(37)26(40-17)41-25-23(36)21(34)19(32)16(14-30)39-25/h1,16-17,19-26,30,32-37H,3-15H2/t16-,17-,19-,20-,21+,22+,23-,24-,25-,26-/m1/s1. The summed E-state index contributed by atoms with van der Waals surface area (Å²) in [6.07, 6.45) is -1.53. The summed E-state index contributed by atoms with van der Waals surface area (Å²) in [4.78, 5) is 12.2. The van der Waals surface area contributed by atoms with E-state index in [0.717, 1.165) is 57.8 Å². The lowest BCUT2D eigenvalue weighted by molar-refractivity contribution is -0.376. The Balaban J connectivity index is 1.31. The summed E-state index contributed by atoms with van der Waals surface area (Å²) >= 11 is 0. The highest BCUT2D eigenvalue weighted by atomic mass is 16.8. The molecule has 0 spiro atoms. The van der Waals surface area contributed by atoms with E-state index in [4.69, 9.17) is 25.4 Å². The van der Waals surface area contributed by atoms with Crippen LogP contribution in [0, 0.1) is 12.3 Å². The van der Waals surface area contributed by atoms with Gasteiger partial charge in [-0.2, -0.15) is 10.2 Å². The summed E-state index contributed by atoms with van der Waals surface area (Å²) in [7, 11) is 0. The van der Waals surface area contributed by atoms with Crippen molar-refractivity contribution in [2.75, 3.05) is 13.2 Å². The molecule has 0 aromatic rings. The first-order valence-electron chi connectivity index (χ1n) is 14.3. The topological polar surface area (TPSA) is 220 Å². The number of aliphatic hydroxyl groups excluding tert-OH is 7. The second kappa shape index (κ2) is 16.2. The Hall–Kier alpha value is -1.77. The van der Waals surface area contributed by atoms with Crippen molar-refractivity contribution in [3.05, 3.63) is 0 Å². The van der Waals surface area contributed by atoms with Crippen LogP contribution in [-0.2, 0) is 23.7 Å². The van der Waals surface area contributed by atoms with Crippen molar-refractivity contribution in [3.8, 4) is 12.3 Å². The number of terminal acetylenes is 1. The van der Waals surface area contributed by atoms with Gasteiger partial charge < -0.3 is 54.7 Å². The number of hydrogen-bond donors (Lipinski definition) is 7. The van der Waals surface area contributed by atoms with Gasteiger partial charge >= 0.3 is 5.97 Å².